The maximum absolute atomic E-state index is 12.9. The number of benzene rings is 1. The number of nitrogens with zero attached hydrogens (tertiary/aromatic N) is 4. The number of carbonyl (C=O) groups is 3. The fraction of sp³-hybridized carbons (Fsp3) is 0.550. The summed E-state index contributed by atoms with van der Waals surface area (Å²) in [6.45, 7) is 3.31. The van der Waals surface area contributed by atoms with Crippen LogP contribution in [0, 0.1) is 5.92 Å². The minimum absolute atomic E-state index is 0.0290. The van der Waals surface area contributed by atoms with Crippen LogP contribution in [-0.4, -0.2) is 92.9 Å². The highest BCUT2D eigenvalue weighted by Gasteiger charge is 2.38. The lowest BCUT2D eigenvalue weighted by Crippen LogP contribution is -2.52. The predicted molar refractivity (Wildman–Crippen MR) is 105 cm³/mol. The van der Waals surface area contributed by atoms with Gasteiger partial charge in [-0.25, -0.2) is 0 Å². The van der Waals surface area contributed by atoms with Crippen LogP contribution in [0.25, 0.3) is 0 Å². The third kappa shape index (κ3) is 4.44. The van der Waals surface area contributed by atoms with Gasteiger partial charge in [-0.2, -0.15) is 0 Å². The summed E-state index contributed by atoms with van der Waals surface area (Å²) in [6, 6.07) is 7.30. The fourth-order valence-corrected chi connectivity index (χ4v) is 3.60. The molecule has 1 aromatic rings. The van der Waals surface area contributed by atoms with Crippen molar-refractivity contribution in [3.63, 3.8) is 0 Å². The summed E-state index contributed by atoms with van der Waals surface area (Å²) in [5.74, 6) is 0.483. The predicted octanol–water partition coefficient (Wildman–Crippen LogP) is 0.281. The van der Waals surface area contributed by atoms with Gasteiger partial charge in [0.15, 0.2) is 0 Å². The van der Waals surface area contributed by atoms with Gasteiger partial charge in [-0.15, -0.1) is 0 Å². The zero-order chi connectivity index (χ0) is 20.3. The first-order valence-corrected chi connectivity index (χ1v) is 9.54. The second kappa shape index (κ2) is 8.60. The van der Waals surface area contributed by atoms with Crippen LogP contribution in [0.2, 0.25) is 0 Å². The van der Waals surface area contributed by atoms with Gasteiger partial charge in [-0.3, -0.25) is 19.3 Å². The van der Waals surface area contributed by atoms with E-state index < -0.39 is 0 Å². The number of hydrogen-bond donors (Lipinski definition) is 0. The number of amides is 3. The lowest BCUT2D eigenvalue weighted by Gasteiger charge is -2.35. The van der Waals surface area contributed by atoms with Gasteiger partial charge in [0.1, 0.15) is 5.75 Å². The zero-order valence-electron chi connectivity index (χ0n) is 16.8. The first kappa shape index (κ1) is 20.1. The Kier molecular flexibility index (Phi) is 6.18. The highest BCUT2D eigenvalue weighted by molar-refractivity contribution is 6.00. The van der Waals surface area contributed by atoms with Crippen molar-refractivity contribution in [3.05, 3.63) is 24.3 Å². The van der Waals surface area contributed by atoms with E-state index in [2.05, 4.69) is 4.90 Å². The molecular weight excluding hydrogens is 360 g/mol. The number of likely N-dealkylation sites (N-methyl/N-ethyl adjacent to an activating group) is 1. The third-order valence-corrected chi connectivity index (χ3v) is 5.40. The Morgan fingerprint density at radius 3 is 2.32 bits per heavy atom. The number of ether oxygens (including phenoxy) is 1. The quantitative estimate of drug-likeness (QED) is 0.725. The van der Waals surface area contributed by atoms with E-state index in [1.54, 1.807) is 31.0 Å². The van der Waals surface area contributed by atoms with Crippen LogP contribution in [0.5, 0.6) is 5.75 Å². The molecule has 2 fully saturated rings. The summed E-state index contributed by atoms with van der Waals surface area (Å²) < 4.78 is 5.15. The topological polar surface area (TPSA) is 73.4 Å². The SMILES string of the molecule is COc1ccc(N2C[C@@H](C(=O)N3CCN(CC(=O)N(C)C)CC3)CC2=O)cc1. The van der Waals surface area contributed by atoms with E-state index in [1.165, 1.54) is 0 Å². The van der Waals surface area contributed by atoms with Gasteiger partial charge in [0.2, 0.25) is 17.7 Å². The molecular formula is C20H28N4O4. The second-order valence-electron chi connectivity index (χ2n) is 7.49. The lowest BCUT2D eigenvalue weighted by molar-refractivity contribution is -0.138. The number of hydrogen-bond acceptors (Lipinski definition) is 5. The Bertz CT molecular complexity index is 726. The van der Waals surface area contributed by atoms with Crippen LogP contribution in [0.3, 0.4) is 0 Å². The van der Waals surface area contributed by atoms with E-state index in [4.69, 9.17) is 4.74 Å². The molecule has 3 amide bonds. The van der Waals surface area contributed by atoms with Crippen LogP contribution in [0.15, 0.2) is 24.3 Å². The Balaban J connectivity index is 1.54. The normalized spacial score (nSPS) is 20.4. The van der Waals surface area contributed by atoms with Crippen LogP contribution in [-0.2, 0) is 14.4 Å². The van der Waals surface area contributed by atoms with Gasteiger partial charge in [0.05, 0.1) is 19.6 Å². The molecule has 0 radical (unpaired) electrons. The molecule has 0 unspecified atom stereocenters. The van der Waals surface area contributed by atoms with Gasteiger partial charge in [0, 0.05) is 58.9 Å². The Labute approximate surface area is 165 Å². The van der Waals surface area contributed by atoms with Crippen LogP contribution >= 0.6 is 0 Å². The maximum Gasteiger partial charge on any atom is 0.236 e. The van der Waals surface area contributed by atoms with Gasteiger partial charge in [0.25, 0.3) is 0 Å². The van der Waals surface area contributed by atoms with E-state index in [0.29, 0.717) is 39.3 Å². The molecule has 0 bridgehead atoms. The molecule has 2 saturated heterocycles. The molecule has 0 N–H and O–H groups in total. The summed E-state index contributed by atoms with van der Waals surface area (Å²) in [5.41, 5.74) is 0.785. The van der Waals surface area contributed by atoms with E-state index in [0.717, 1.165) is 11.4 Å². The van der Waals surface area contributed by atoms with Gasteiger partial charge in [-0.1, -0.05) is 0 Å². The molecule has 1 atom stereocenters. The van der Waals surface area contributed by atoms with E-state index in [9.17, 15) is 14.4 Å². The minimum Gasteiger partial charge on any atom is -0.497 e. The third-order valence-electron chi connectivity index (χ3n) is 5.40. The number of rotatable bonds is 5. The average Bonchev–Trinajstić information content (AvgIpc) is 3.09. The summed E-state index contributed by atoms with van der Waals surface area (Å²) in [4.78, 5) is 44.3. The number of piperazine rings is 1. The summed E-state index contributed by atoms with van der Waals surface area (Å²) >= 11 is 0. The molecule has 8 heteroatoms. The molecule has 2 aliphatic rings. The molecule has 0 aromatic heterocycles. The molecule has 0 saturated carbocycles. The molecule has 152 valence electrons. The second-order valence-corrected chi connectivity index (χ2v) is 7.49. The standard InChI is InChI=1S/C20H28N4O4/c1-21(2)19(26)14-22-8-10-23(11-9-22)20(27)15-12-18(25)24(13-15)16-4-6-17(28-3)7-5-16/h4-7,15H,8-14H2,1-3H3/t15-/m0/s1. The van der Waals surface area contributed by atoms with E-state index >= 15 is 0 Å². The molecule has 28 heavy (non-hydrogen) atoms. The van der Waals surface area contributed by atoms with Gasteiger partial charge in [-0.05, 0) is 24.3 Å². The Hall–Kier alpha value is -2.61. The summed E-state index contributed by atoms with van der Waals surface area (Å²) in [5, 5.41) is 0. The molecule has 0 aliphatic carbocycles. The highest BCUT2D eigenvalue weighted by Crippen LogP contribution is 2.28. The Morgan fingerprint density at radius 2 is 1.75 bits per heavy atom. The molecule has 2 aliphatic heterocycles. The maximum atomic E-state index is 12.9. The first-order valence-electron chi connectivity index (χ1n) is 9.54. The average molecular weight is 388 g/mol. The zero-order valence-corrected chi connectivity index (χ0v) is 16.8. The minimum atomic E-state index is -0.315. The van der Waals surface area contributed by atoms with Gasteiger partial charge < -0.3 is 19.4 Å². The number of anilines is 1. The van der Waals surface area contributed by atoms with Crippen LogP contribution in [0.1, 0.15) is 6.42 Å². The summed E-state index contributed by atoms with van der Waals surface area (Å²) in [7, 11) is 5.09. The van der Waals surface area contributed by atoms with Crippen molar-refractivity contribution < 1.29 is 19.1 Å². The Morgan fingerprint density at radius 1 is 1.11 bits per heavy atom. The van der Waals surface area contributed by atoms with E-state index in [-0.39, 0.29) is 30.1 Å². The lowest BCUT2D eigenvalue weighted by atomic mass is 10.1. The largest absolute Gasteiger partial charge is 0.497 e. The first-order chi connectivity index (χ1) is 13.4. The molecule has 2 heterocycles. The highest BCUT2D eigenvalue weighted by atomic mass is 16.5. The van der Waals surface area contributed by atoms with Crippen LogP contribution in [0.4, 0.5) is 5.69 Å². The van der Waals surface area contributed by atoms with Crippen molar-refractivity contribution in [1.29, 1.82) is 0 Å². The van der Waals surface area contributed by atoms with Crippen molar-refractivity contribution in [2.45, 2.75) is 6.42 Å². The molecule has 3 rings (SSSR count). The van der Waals surface area contributed by atoms with Crippen molar-refractivity contribution in [3.8, 4) is 5.75 Å². The number of methoxy groups -OCH3 is 1. The number of carbonyl (C=O) groups excluding carboxylic acids is 3. The molecule has 8 nitrogen and oxygen atoms in total. The fourth-order valence-electron chi connectivity index (χ4n) is 3.60. The summed E-state index contributed by atoms with van der Waals surface area (Å²) in [6.07, 6.45) is 0.240. The molecule has 1 aromatic carbocycles. The van der Waals surface area contributed by atoms with Crippen molar-refractivity contribution in [2.75, 3.05) is 65.4 Å². The van der Waals surface area contributed by atoms with Crippen molar-refractivity contribution in [2.24, 2.45) is 5.92 Å². The van der Waals surface area contributed by atoms with Crippen molar-refractivity contribution in [1.82, 2.24) is 14.7 Å². The van der Waals surface area contributed by atoms with E-state index in [1.807, 2.05) is 29.2 Å². The van der Waals surface area contributed by atoms with Crippen molar-refractivity contribution >= 4 is 23.4 Å². The monoisotopic (exact) mass is 388 g/mol. The smallest absolute Gasteiger partial charge is 0.236 e. The van der Waals surface area contributed by atoms with Crippen LogP contribution < -0.4 is 9.64 Å². The molecule has 0 spiro atoms. The van der Waals surface area contributed by atoms with Gasteiger partial charge >= 0.3 is 0 Å².